The summed E-state index contributed by atoms with van der Waals surface area (Å²) in [6, 6.07) is 6.19. The summed E-state index contributed by atoms with van der Waals surface area (Å²) >= 11 is 5.81. The Bertz CT molecular complexity index is 592. The molecule has 0 radical (unpaired) electrons. The van der Waals surface area contributed by atoms with E-state index in [1.807, 2.05) is 6.07 Å². The Morgan fingerprint density at radius 1 is 1.33 bits per heavy atom. The second-order valence-corrected chi connectivity index (χ2v) is 3.87. The molecule has 1 N–H and O–H groups in total. The van der Waals surface area contributed by atoms with Crippen molar-refractivity contribution in [3.63, 3.8) is 0 Å². The van der Waals surface area contributed by atoms with Gasteiger partial charge in [-0.15, -0.1) is 0 Å². The van der Waals surface area contributed by atoms with Gasteiger partial charge in [-0.1, -0.05) is 11.6 Å². The molecule has 0 atom stereocenters. The SMILES string of the molecule is N#CCNc1ncc(-c2cc(Cl)ccc2F)cn1. The zero-order valence-electron chi connectivity index (χ0n) is 9.19. The van der Waals surface area contributed by atoms with Crippen LogP contribution >= 0.6 is 11.6 Å². The highest BCUT2D eigenvalue weighted by Gasteiger charge is 2.07. The van der Waals surface area contributed by atoms with Crippen molar-refractivity contribution in [1.29, 1.82) is 5.26 Å². The third-order valence-corrected chi connectivity index (χ3v) is 2.45. The second kappa shape index (κ2) is 5.43. The van der Waals surface area contributed by atoms with E-state index in [0.29, 0.717) is 22.1 Å². The van der Waals surface area contributed by atoms with Crippen molar-refractivity contribution < 1.29 is 4.39 Å². The maximum Gasteiger partial charge on any atom is 0.223 e. The lowest BCUT2D eigenvalue weighted by molar-refractivity contribution is 0.631. The van der Waals surface area contributed by atoms with Gasteiger partial charge < -0.3 is 5.32 Å². The first kappa shape index (κ1) is 12.3. The van der Waals surface area contributed by atoms with Gasteiger partial charge >= 0.3 is 0 Å². The Kier molecular flexibility index (Phi) is 3.70. The Labute approximate surface area is 108 Å². The highest BCUT2D eigenvalue weighted by atomic mass is 35.5. The van der Waals surface area contributed by atoms with Crippen molar-refractivity contribution in [2.45, 2.75) is 0 Å². The molecule has 90 valence electrons. The predicted molar refractivity (Wildman–Crippen MR) is 66.5 cm³/mol. The molecule has 18 heavy (non-hydrogen) atoms. The zero-order chi connectivity index (χ0) is 13.0. The van der Waals surface area contributed by atoms with E-state index < -0.39 is 0 Å². The summed E-state index contributed by atoms with van der Waals surface area (Å²) in [5.41, 5.74) is 0.867. The predicted octanol–water partition coefficient (Wildman–Crippen LogP) is 2.87. The van der Waals surface area contributed by atoms with E-state index in [1.165, 1.54) is 30.6 Å². The van der Waals surface area contributed by atoms with E-state index in [1.54, 1.807) is 0 Å². The number of rotatable bonds is 3. The van der Waals surface area contributed by atoms with E-state index in [2.05, 4.69) is 15.3 Å². The van der Waals surface area contributed by atoms with Crippen molar-refractivity contribution in [2.24, 2.45) is 0 Å². The van der Waals surface area contributed by atoms with Crippen LogP contribution in [0.2, 0.25) is 5.02 Å². The number of nitriles is 1. The summed E-state index contributed by atoms with van der Waals surface area (Å²) in [5, 5.41) is 11.5. The summed E-state index contributed by atoms with van der Waals surface area (Å²) in [7, 11) is 0. The minimum atomic E-state index is -0.388. The van der Waals surface area contributed by atoms with Crippen molar-refractivity contribution in [1.82, 2.24) is 9.97 Å². The van der Waals surface area contributed by atoms with E-state index in [0.717, 1.165) is 0 Å². The molecule has 0 aliphatic heterocycles. The average molecular weight is 263 g/mol. The average Bonchev–Trinajstić information content (AvgIpc) is 2.40. The van der Waals surface area contributed by atoms with E-state index in [9.17, 15) is 4.39 Å². The second-order valence-electron chi connectivity index (χ2n) is 3.43. The molecule has 4 nitrogen and oxygen atoms in total. The molecular weight excluding hydrogens is 255 g/mol. The topological polar surface area (TPSA) is 61.6 Å². The first-order valence-electron chi connectivity index (χ1n) is 5.09. The summed E-state index contributed by atoms with van der Waals surface area (Å²) in [5.74, 6) is -0.0662. The third kappa shape index (κ3) is 2.73. The molecule has 2 rings (SSSR count). The summed E-state index contributed by atoms with van der Waals surface area (Å²) in [6.45, 7) is 0.116. The molecule has 1 heterocycles. The van der Waals surface area contributed by atoms with Gasteiger partial charge in [-0.25, -0.2) is 14.4 Å². The van der Waals surface area contributed by atoms with Crippen molar-refractivity contribution in [3.8, 4) is 17.2 Å². The molecular formula is C12H8ClFN4. The molecule has 0 aliphatic rings. The molecule has 1 aromatic heterocycles. The largest absolute Gasteiger partial charge is 0.341 e. The van der Waals surface area contributed by atoms with Crippen LogP contribution in [0, 0.1) is 17.1 Å². The summed E-state index contributed by atoms with van der Waals surface area (Å²) in [6.07, 6.45) is 2.95. The fraction of sp³-hybridized carbons (Fsp3) is 0.0833. The Morgan fingerprint density at radius 2 is 2.06 bits per heavy atom. The Hall–Kier alpha value is -2.19. The molecule has 0 fully saturated rings. The van der Waals surface area contributed by atoms with E-state index >= 15 is 0 Å². The number of nitrogens with one attached hydrogen (secondary N) is 1. The van der Waals surface area contributed by atoms with Gasteiger partial charge in [0.2, 0.25) is 5.95 Å². The number of anilines is 1. The van der Waals surface area contributed by atoms with Gasteiger partial charge in [0, 0.05) is 28.5 Å². The maximum atomic E-state index is 13.6. The molecule has 0 saturated carbocycles. The number of halogens is 2. The summed E-state index contributed by atoms with van der Waals surface area (Å²) < 4.78 is 13.6. The molecule has 0 unspecified atom stereocenters. The van der Waals surface area contributed by atoms with Crippen LogP contribution in [0.4, 0.5) is 10.3 Å². The van der Waals surface area contributed by atoms with Crippen molar-refractivity contribution in [3.05, 3.63) is 41.4 Å². The van der Waals surface area contributed by atoms with Crippen LogP contribution in [-0.2, 0) is 0 Å². The van der Waals surface area contributed by atoms with Crippen LogP contribution in [0.3, 0.4) is 0 Å². The Morgan fingerprint density at radius 3 is 2.72 bits per heavy atom. The van der Waals surface area contributed by atoms with Gasteiger partial charge in [-0.05, 0) is 18.2 Å². The molecule has 6 heteroatoms. The van der Waals surface area contributed by atoms with Gasteiger partial charge in [-0.3, -0.25) is 0 Å². The number of hydrogen-bond acceptors (Lipinski definition) is 4. The lowest BCUT2D eigenvalue weighted by Crippen LogP contribution is -2.02. The van der Waals surface area contributed by atoms with Crippen LogP contribution in [0.15, 0.2) is 30.6 Å². The van der Waals surface area contributed by atoms with Crippen LogP contribution < -0.4 is 5.32 Å². The van der Waals surface area contributed by atoms with E-state index in [-0.39, 0.29) is 12.4 Å². The monoisotopic (exact) mass is 262 g/mol. The highest BCUT2D eigenvalue weighted by molar-refractivity contribution is 6.30. The number of hydrogen-bond donors (Lipinski definition) is 1. The summed E-state index contributed by atoms with van der Waals surface area (Å²) in [4.78, 5) is 7.96. The van der Waals surface area contributed by atoms with Gasteiger partial charge in [-0.2, -0.15) is 5.26 Å². The van der Waals surface area contributed by atoms with Crippen LogP contribution in [0.5, 0.6) is 0 Å². The molecule has 0 spiro atoms. The van der Waals surface area contributed by atoms with Crippen LogP contribution in [0.1, 0.15) is 0 Å². The first-order valence-corrected chi connectivity index (χ1v) is 5.47. The quantitative estimate of drug-likeness (QED) is 0.864. The molecule has 1 aromatic carbocycles. The smallest absolute Gasteiger partial charge is 0.223 e. The fourth-order valence-electron chi connectivity index (χ4n) is 1.40. The number of nitrogens with zero attached hydrogens (tertiary/aromatic N) is 3. The number of benzene rings is 1. The normalized spacial score (nSPS) is 9.83. The molecule has 0 aliphatic carbocycles. The lowest BCUT2D eigenvalue weighted by Gasteiger charge is -2.04. The first-order chi connectivity index (χ1) is 8.70. The van der Waals surface area contributed by atoms with E-state index in [4.69, 9.17) is 16.9 Å². The molecule has 0 amide bonds. The standard InChI is InChI=1S/C12H8ClFN4/c13-9-1-2-11(14)10(5-9)8-6-17-12(18-7-8)16-4-3-15/h1-2,5-7H,4H2,(H,16,17,18). The van der Waals surface area contributed by atoms with Crippen molar-refractivity contribution in [2.75, 3.05) is 11.9 Å². The minimum Gasteiger partial charge on any atom is -0.341 e. The maximum absolute atomic E-state index is 13.6. The van der Waals surface area contributed by atoms with Gasteiger partial charge in [0.05, 0.1) is 6.07 Å². The molecule has 2 aromatic rings. The van der Waals surface area contributed by atoms with Gasteiger partial charge in [0.25, 0.3) is 0 Å². The van der Waals surface area contributed by atoms with Crippen LogP contribution in [0.25, 0.3) is 11.1 Å². The fourth-order valence-corrected chi connectivity index (χ4v) is 1.57. The molecule has 0 saturated heterocycles. The minimum absolute atomic E-state index is 0.116. The van der Waals surface area contributed by atoms with Crippen LogP contribution in [-0.4, -0.2) is 16.5 Å². The number of aromatic nitrogens is 2. The highest BCUT2D eigenvalue weighted by Crippen LogP contribution is 2.25. The molecule has 0 bridgehead atoms. The van der Waals surface area contributed by atoms with Crippen molar-refractivity contribution >= 4 is 17.5 Å². The third-order valence-electron chi connectivity index (χ3n) is 2.22. The Balaban J connectivity index is 2.29. The van der Waals surface area contributed by atoms with Gasteiger partial charge in [0.1, 0.15) is 12.4 Å². The zero-order valence-corrected chi connectivity index (χ0v) is 9.95. The van der Waals surface area contributed by atoms with Gasteiger partial charge in [0.15, 0.2) is 0 Å². The lowest BCUT2D eigenvalue weighted by atomic mass is 10.1.